The smallest absolute Gasteiger partial charge is 0.166 e. The average molecular weight is 250 g/mol. The van der Waals surface area contributed by atoms with Crippen LogP contribution in [0.25, 0.3) is 0 Å². The normalized spacial score (nSPS) is 17.0. The fourth-order valence-electron chi connectivity index (χ4n) is 2.08. The van der Waals surface area contributed by atoms with Gasteiger partial charge in [0.15, 0.2) is 5.78 Å². The lowest BCUT2D eigenvalue weighted by Crippen LogP contribution is -2.23. The summed E-state index contributed by atoms with van der Waals surface area (Å²) in [4.78, 5) is 13.4. The molecule has 0 bridgehead atoms. The second-order valence-electron chi connectivity index (χ2n) is 4.21. The summed E-state index contributed by atoms with van der Waals surface area (Å²) in [5, 5.41) is 0. The highest BCUT2D eigenvalue weighted by atomic mass is 32.2. The zero-order valence-electron chi connectivity index (χ0n) is 10.1. The standard InChI is InChI=1S/C14H18O2S/c1-2-17-13-5-3-11(4-6-13)14(15)12-7-9-16-10-8-12/h3-6,12H,2,7-10H2,1H3. The van der Waals surface area contributed by atoms with Gasteiger partial charge in [-0.05, 0) is 30.7 Å². The number of carbonyl (C=O) groups is 1. The summed E-state index contributed by atoms with van der Waals surface area (Å²) in [5.74, 6) is 1.50. The van der Waals surface area contributed by atoms with Gasteiger partial charge in [0.1, 0.15) is 0 Å². The van der Waals surface area contributed by atoms with Gasteiger partial charge < -0.3 is 4.74 Å². The van der Waals surface area contributed by atoms with Crippen LogP contribution in [0.3, 0.4) is 0 Å². The predicted molar refractivity (Wildman–Crippen MR) is 70.7 cm³/mol. The summed E-state index contributed by atoms with van der Waals surface area (Å²) >= 11 is 1.80. The maximum atomic E-state index is 12.2. The Balaban J connectivity index is 2.03. The molecule has 0 spiro atoms. The number of ketones is 1. The van der Waals surface area contributed by atoms with Gasteiger partial charge in [-0.3, -0.25) is 4.79 Å². The largest absolute Gasteiger partial charge is 0.381 e. The third-order valence-electron chi connectivity index (χ3n) is 3.04. The van der Waals surface area contributed by atoms with Crippen molar-refractivity contribution < 1.29 is 9.53 Å². The molecule has 2 nitrogen and oxygen atoms in total. The van der Waals surface area contributed by atoms with Crippen LogP contribution in [-0.2, 0) is 4.74 Å². The first-order valence-corrected chi connectivity index (χ1v) is 7.14. The molecule has 0 saturated carbocycles. The van der Waals surface area contributed by atoms with Crippen molar-refractivity contribution in [3.63, 3.8) is 0 Å². The summed E-state index contributed by atoms with van der Waals surface area (Å²) in [6.45, 7) is 3.58. The van der Waals surface area contributed by atoms with Crippen LogP contribution >= 0.6 is 11.8 Å². The number of ether oxygens (including phenoxy) is 1. The molecule has 1 heterocycles. The van der Waals surface area contributed by atoms with Crippen molar-refractivity contribution in [3.8, 4) is 0 Å². The zero-order valence-corrected chi connectivity index (χ0v) is 11.0. The van der Waals surface area contributed by atoms with Crippen LogP contribution in [0.4, 0.5) is 0 Å². The van der Waals surface area contributed by atoms with E-state index in [0.717, 1.165) is 37.4 Å². The minimum absolute atomic E-state index is 0.161. The van der Waals surface area contributed by atoms with E-state index in [-0.39, 0.29) is 11.7 Å². The minimum Gasteiger partial charge on any atom is -0.381 e. The van der Waals surface area contributed by atoms with Crippen molar-refractivity contribution in [1.82, 2.24) is 0 Å². The Bertz CT molecular complexity index is 366. The van der Waals surface area contributed by atoms with Crippen LogP contribution < -0.4 is 0 Å². The SMILES string of the molecule is CCSc1ccc(C(=O)C2CCOCC2)cc1. The second-order valence-corrected chi connectivity index (χ2v) is 5.55. The molecule has 0 aromatic heterocycles. The number of Topliss-reactive ketones (excluding diaryl/α,β-unsaturated/α-hetero) is 1. The van der Waals surface area contributed by atoms with Crippen LogP contribution in [0.1, 0.15) is 30.1 Å². The minimum atomic E-state index is 0.161. The van der Waals surface area contributed by atoms with Gasteiger partial charge in [-0.2, -0.15) is 0 Å². The molecule has 1 fully saturated rings. The third-order valence-corrected chi connectivity index (χ3v) is 3.94. The quantitative estimate of drug-likeness (QED) is 0.605. The van der Waals surface area contributed by atoms with Crippen molar-refractivity contribution in [2.45, 2.75) is 24.7 Å². The molecule has 1 aromatic carbocycles. The van der Waals surface area contributed by atoms with E-state index < -0.39 is 0 Å². The van der Waals surface area contributed by atoms with E-state index in [1.165, 1.54) is 4.90 Å². The first-order valence-electron chi connectivity index (χ1n) is 6.16. The molecule has 0 unspecified atom stereocenters. The van der Waals surface area contributed by atoms with Crippen LogP contribution in [0.15, 0.2) is 29.2 Å². The van der Waals surface area contributed by atoms with Crippen LogP contribution in [0, 0.1) is 5.92 Å². The molecule has 0 N–H and O–H groups in total. The maximum absolute atomic E-state index is 12.2. The highest BCUT2D eigenvalue weighted by Crippen LogP contribution is 2.22. The predicted octanol–water partition coefficient (Wildman–Crippen LogP) is 3.41. The van der Waals surface area contributed by atoms with E-state index in [0.29, 0.717) is 0 Å². The highest BCUT2D eigenvalue weighted by molar-refractivity contribution is 7.99. The van der Waals surface area contributed by atoms with Crippen molar-refractivity contribution in [3.05, 3.63) is 29.8 Å². The summed E-state index contributed by atoms with van der Waals surface area (Å²) in [5.41, 5.74) is 0.845. The topological polar surface area (TPSA) is 26.3 Å². The van der Waals surface area contributed by atoms with E-state index in [9.17, 15) is 4.79 Å². The monoisotopic (exact) mass is 250 g/mol. The number of benzene rings is 1. The number of hydrogen-bond acceptors (Lipinski definition) is 3. The molecule has 2 rings (SSSR count). The van der Waals surface area contributed by atoms with E-state index in [1.54, 1.807) is 11.8 Å². The molecular formula is C14H18O2S. The summed E-state index contributed by atoms with van der Waals surface area (Å²) in [6.07, 6.45) is 1.73. The molecule has 17 heavy (non-hydrogen) atoms. The molecule has 1 saturated heterocycles. The second kappa shape index (κ2) is 6.22. The number of thioether (sulfide) groups is 1. The molecule has 0 aliphatic carbocycles. The lowest BCUT2D eigenvalue weighted by molar-refractivity contribution is 0.0545. The van der Waals surface area contributed by atoms with Crippen molar-refractivity contribution in [2.75, 3.05) is 19.0 Å². The van der Waals surface area contributed by atoms with Crippen LogP contribution in [-0.4, -0.2) is 24.7 Å². The molecule has 92 valence electrons. The Hall–Kier alpha value is -0.800. The van der Waals surface area contributed by atoms with Crippen molar-refractivity contribution in [2.24, 2.45) is 5.92 Å². The van der Waals surface area contributed by atoms with Gasteiger partial charge in [0.2, 0.25) is 0 Å². The molecule has 0 amide bonds. The first kappa shape index (κ1) is 12.7. The Morgan fingerprint density at radius 1 is 1.29 bits per heavy atom. The van der Waals surface area contributed by atoms with E-state index in [2.05, 4.69) is 6.92 Å². The van der Waals surface area contributed by atoms with E-state index >= 15 is 0 Å². The Morgan fingerprint density at radius 3 is 2.53 bits per heavy atom. The fourth-order valence-corrected chi connectivity index (χ4v) is 2.74. The molecular weight excluding hydrogens is 232 g/mol. The fraction of sp³-hybridized carbons (Fsp3) is 0.500. The Labute approximate surface area is 107 Å². The van der Waals surface area contributed by atoms with Gasteiger partial charge in [0, 0.05) is 29.6 Å². The van der Waals surface area contributed by atoms with Crippen LogP contribution in [0.5, 0.6) is 0 Å². The van der Waals surface area contributed by atoms with Gasteiger partial charge in [0.05, 0.1) is 0 Å². The van der Waals surface area contributed by atoms with E-state index in [1.807, 2.05) is 24.3 Å². The average Bonchev–Trinajstić information content (AvgIpc) is 2.40. The number of rotatable bonds is 4. The van der Waals surface area contributed by atoms with Crippen molar-refractivity contribution in [1.29, 1.82) is 0 Å². The lowest BCUT2D eigenvalue weighted by atomic mass is 9.91. The molecule has 0 radical (unpaired) electrons. The maximum Gasteiger partial charge on any atom is 0.166 e. The number of hydrogen-bond donors (Lipinski definition) is 0. The van der Waals surface area contributed by atoms with E-state index in [4.69, 9.17) is 4.74 Å². The summed E-state index contributed by atoms with van der Waals surface area (Å²) in [6, 6.07) is 7.99. The molecule has 3 heteroatoms. The Morgan fingerprint density at radius 2 is 1.94 bits per heavy atom. The van der Waals surface area contributed by atoms with Gasteiger partial charge >= 0.3 is 0 Å². The third kappa shape index (κ3) is 3.33. The summed E-state index contributed by atoms with van der Waals surface area (Å²) in [7, 11) is 0. The number of carbonyl (C=O) groups excluding carboxylic acids is 1. The van der Waals surface area contributed by atoms with Gasteiger partial charge in [-0.15, -0.1) is 11.8 Å². The zero-order chi connectivity index (χ0) is 12.1. The summed E-state index contributed by atoms with van der Waals surface area (Å²) < 4.78 is 5.28. The van der Waals surface area contributed by atoms with Gasteiger partial charge in [0.25, 0.3) is 0 Å². The first-order chi connectivity index (χ1) is 8.31. The van der Waals surface area contributed by atoms with Gasteiger partial charge in [-0.1, -0.05) is 19.1 Å². The molecule has 1 aliphatic rings. The highest BCUT2D eigenvalue weighted by Gasteiger charge is 2.22. The molecule has 0 atom stereocenters. The van der Waals surface area contributed by atoms with Crippen molar-refractivity contribution >= 4 is 17.5 Å². The van der Waals surface area contributed by atoms with Crippen LogP contribution in [0.2, 0.25) is 0 Å². The Kier molecular flexibility index (Phi) is 4.63. The lowest BCUT2D eigenvalue weighted by Gasteiger charge is -2.20. The molecule has 1 aromatic rings. The van der Waals surface area contributed by atoms with Gasteiger partial charge in [-0.25, -0.2) is 0 Å². The molecule has 1 aliphatic heterocycles.